The lowest BCUT2D eigenvalue weighted by Crippen LogP contribution is -2.45. The maximum Gasteiger partial charge on any atom is 0.410 e. The number of benzene rings is 1. The van der Waals surface area contributed by atoms with E-state index < -0.39 is 18.1 Å². The lowest BCUT2D eigenvalue weighted by atomic mass is 10.2. The molecule has 20 heavy (non-hydrogen) atoms. The molecule has 1 amide bonds. The van der Waals surface area contributed by atoms with Gasteiger partial charge < -0.3 is 14.6 Å². The van der Waals surface area contributed by atoms with E-state index in [1.165, 1.54) is 14.0 Å². The molecule has 0 radical (unpaired) electrons. The molecule has 110 valence electrons. The number of carboxylic acids is 1. The zero-order chi connectivity index (χ0) is 15.0. The van der Waals surface area contributed by atoms with E-state index in [9.17, 15) is 9.59 Å². The summed E-state index contributed by atoms with van der Waals surface area (Å²) in [6.45, 7) is 1.95. The van der Waals surface area contributed by atoms with Crippen LogP contribution in [0.15, 0.2) is 30.3 Å². The fraction of sp³-hybridized carbons (Fsp3) is 0.429. The SMILES string of the molecule is COCCN(C(=O)OCc1ccccc1)C(C)C(=O)O. The number of carbonyl (C=O) groups excluding carboxylic acids is 1. The first-order valence-electron chi connectivity index (χ1n) is 6.25. The Morgan fingerprint density at radius 1 is 1.30 bits per heavy atom. The molecule has 0 fully saturated rings. The van der Waals surface area contributed by atoms with Gasteiger partial charge in [0.15, 0.2) is 0 Å². The molecule has 0 saturated carbocycles. The third-order valence-corrected chi connectivity index (χ3v) is 2.80. The second kappa shape index (κ2) is 8.16. The second-order valence-electron chi connectivity index (χ2n) is 4.24. The Bertz CT molecular complexity index is 434. The molecule has 1 aromatic rings. The highest BCUT2D eigenvalue weighted by Gasteiger charge is 2.26. The summed E-state index contributed by atoms with van der Waals surface area (Å²) in [4.78, 5) is 24.1. The summed E-state index contributed by atoms with van der Waals surface area (Å²) in [5.41, 5.74) is 0.843. The third kappa shape index (κ3) is 4.89. The number of carbonyl (C=O) groups is 2. The summed E-state index contributed by atoms with van der Waals surface area (Å²) < 4.78 is 10.00. The Labute approximate surface area is 117 Å². The van der Waals surface area contributed by atoms with Crippen LogP contribution >= 0.6 is 0 Å². The summed E-state index contributed by atoms with van der Waals surface area (Å²) in [6.07, 6.45) is -0.666. The molecule has 1 atom stereocenters. The van der Waals surface area contributed by atoms with Crippen molar-refractivity contribution in [3.63, 3.8) is 0 Å². The van der Waals surface area contributed by atoms with Crippen LogP contribution < -0.4 is 0 Å². The molecule has 0 heterocycles. The monoisotopic (exact) mass is 281 g/mol. The predicted octanol–water partition coefficient (Wildman–Crippen LogP) is 1.74. The van der Waals surface area contributed by atoms with Gasteiger partial charge in [-0.3, -0.25) is 4.90 Å². The van der Waals surface area contributed by atoms with Crippen LogP contribution in [-0.4, -0.2) is 48.4 Å². The van der Waals surface area contributed by atoms with Crippen molar-refractivity contribution in [2.75, 3.05) is 20.3 Å². The highest BCUT2D eigenvalue weighted by molar-refractivity contribution is 5.79. The molecule has 1 aromatic carbocycles. The molecule has 0 aliphatic heterocycles. The fourth-order valence-corrected chi connectivity index (χ4v) is 1.57. The van der Waals surface area contributed by atoms with Crippen molar-refractivity contribution in [2.24, 2.45) is 0 Å². The topological polar surface area (TPSA) is 76.1 Å². The Morgan fingerprint density at radius 3 is 2.50 bits per heavy atom. The van der Waals surface area contributed by atoms with Crippen molar-refractivity contribution in [3.8, 4) is 0 Å². The number of ether oxygens (including phenoxy) is 2. The van der Waals surface area contributed by atoms with Crippen LogP contribution in [0, 0.1) is 0 Å². The molecule has 0 saturated heterocycles. The van der Waals surface area contributed by atoms with E-state index in [0.717, 1.165) is 10.5 Å². The Balaban J connectivity index is 2.60. The lowest BCUT2D eigenvalue weighted by Gasteiger charge is -2.25. The second-order valence-corrected chi connectivity index (χ2v) is 4.24. The van der Waals surface area contributed by atoms with Crippen LogP contribution in [0.25, 0.3) is 0 Å². The van der Waals surface area contributed by atoms with Crippen molar-refractivity contribution < 1.29 is 24.2 Å². The van der Waals surface area contributed by atoms with Gasteiger partial charge in [-0.05, 0) is 12.5 Å². The predicted molar refractivity (Wildman–Crippen MR) is 72.3 cm³/mol. The van der Waals surface area contributed by atoms with Gasteiger partial charge in [-0.1, -0.05) is 30.3 Å². The molecule has 0 aliphatic carbocycles. The lowest BCUT2D eigenvalue weighted by molar-refractivity contribution is -0.142. The normalized spacial score (nSPS) is 11.7. The minimum absolute atomic E-state index is 0.107. The van der Waals surface area contributed by atoms with E-state index in [4.69, 9.17) is 14.6 Å². The molecule has 1 rings (SSSR count). The average molecular weight is 281 g/mol. The standard InChI is InChI=1S/C14H19NO5/c1-11(13(16)17)15(8-9-19-2)14(18)20-10-12-6-4-3-5-7-12/h3-7,11H,8-10H2,1-2H3,(H,16,17). The van der Waals surface area contributed by atoms with Crippen molar-refractivity contribution in [1.82, 2.24) is 4.90 Å². The van der Waals surface area contributed by atoms with E-state index in [0.29, 0.717) is 0 Å². The Morgan fingerprint density at radius 2 is 1.95 bits per heavy atom. The van der Waals surface area contributed by atoms with Gasteiger partial charge in [0.2, 0.25) is 0 Å². The van der Waals surface area contributed by atoms with Crippen molar-refractivity contribution >= 4 is 12.1 Å². The molecule has 0 aromatic heterocycles. The van der Waals surface area contributed by atoms with Crippen LogP contribution in [0.3, 0.4) is 0 Å². The fourth-order valence-electron chi connectivity index (χ4n) is 1.57. The molecule has 0 bridgehead atoms. The molecule has 0 aliphatic rings. The van der Waals surface area contributed by atoms with Crippen molar-refractivity contribution in [3.05, 3.63) is 35.9 Å². The average Bonchev–Trinajstić information content (AvgIpc) is 2.46. The maximum atomic E-state index is 12.0. The van der Waals surface area contributed by atoms with Crippen LogP contribution in [-0.2, 0) is 20.9 Å². The Hall–Kier alpha value is -2.08. The first-order chi connectivity index (χ1) is 9.56. The van der Waals surface area contributed by atoms with Gasteiger partial charge in [0.05, 0.1) is 6.61 Å². The number of carboxylic acid groups (broad SMARTS) is 1. The molecular weight excluding hydrogens is 262 g/mol. The van der Waals surface area contributed by atoms with E-state index in [1.54, 1.807) is 0 Å². The number of rotatable bonds is 7. The smallest absolute Gasteiger partial charge is 0.410 e. The van der Waals surface area contributed by atoms with Crippen LogP contribution in [0.4, 0.5) is 4.79 Å². The van der Waals surface area contributed by atoms with Gasteiger partial charge in [-0.2, -0.15) is 0 Å². The number of hydrogen-bond acceptors (Lipinski definition) is 4. The summed E-state index contributed by atoms with van der Waals surface area (Å²) in [7, 11) is 1.49. The van der Waals surface area contributed by atoms with Crippen molar-refractivity contribution in [2.45, 2.75) is 19.6 Å². The minimum Gasteiger partial charge on any atom is -0.480 e. The zero-order valence-electron chi connectivity index (χ0n) is 11.6. The molecule has 6 nitrogen and oxygen atoms in total. The highest BCUT2D eigenvalue weighted by Crippen LogP contribution is 2.06. The minimum atomic E-state index is -1.09. The first kappa shape index (κ1) is 16.0. The maximum absolute atomic E-state index is 12.0. The Kier molecular flexibility index (Phi) is 6.52. The highest BCUT2D eigenvalue weighted by atomic mass is 16.6. The molecule has 1 unspecified atom stereocenters. The number of methoxy groups -OCH3 is 1. The number of aliphatic carboxylic acids is 1. The van der Waals surface area contributed by atoms with Gasteiger partial charge in [-0.15, -0.1) is 0 Å². The summed E-state index contributed by atoms with van der Waals surface area (Å²) in [6, 6.07) is 8.23. The van der Waals surface area contributed by atoms with Gasteiger partial charge >= 0.3 is 12.1 Å². The van der Waals surface area contributed by atoms with Crippen LogP contribution in [0.5, 0.6) is 0 Å². The molecule has 0 spiro atoms. The third-order valence-electron chi connectivity index (χ3n) is 2.80. The quantitative estimate of drug-likeness (QED) is 0.824. The number of hydrogen-bond donors (Lipinski definition) is 1. The van der Waals surface area contributed by atoms with Crippen molar-refractivity contribution in [1.29, 1.82) is 0 Å². The summed E-state index contributed by atoms with van der Waals surface area (Å²) in [5.74, 6) is -1.09. The largest absolute Gasteiger partial charge is 0.480 e. The van der Waals surface area contributed by atoms with E-state index in [-0.39, 0.29) is 19.8 Å². The number of nitrogens with zero attached hydrogens (tertiary/aromatic N) is 1. The van der Waals surface area contributed by atoms with Gasteiger partial charge in [0.1, 0.15) is 12.6 Å². The molecular formula is C14H19NO5. The van der Waals surface area contributed by atoms with Crippen LogP contribution in [0.2, 0.25) is 0 Å². The van der Waals surface area contributed by atoms with Crippen LogP contribution in [0.1, 0.15) is 12.5 Å². The van der Waals surface area contributed by atoms with Gasteiger partial charge in [-0.25, -0.2) is 9.59 Å². The van der Waals surface area contributed by atoms with E-state index in [2.05, 4.69) is 0 Å². The van der Waals surface area contributed by atoms with Gasteiger partial charge in [0.25, 0.3) is 0 Å². The molecule has 6 heteroatoms. The summed E-state index contributed by atoms with van der Waals surface area (Å²) >= 11 is 0. The zero-order valence-corrected chi connectivity index (χ0v) is 11.6. The van der Waals surface area contributed by atoms with E-state index >= 15 is 0 Å². The number of amides is 1. The summed E-state index contributed by atoms with van der Waals surface area (Å²) in [5, 5.41) is 9.00. The van der Waals surface area contributed by atoms with Gasteiger partial charge in [0, 0.05) is 13.7 Å². The van der Waals surface area contributed by atoms with E-state index in [1.807, 2.05) is 30.3 Å². The first-order valence-corrected chi connectivity index (χ1v) is 6.25. The molecule has 1 N–H and O–H groups in total.